The third kappa shape index (κ3) is 5.93. The largest absolute Gasteiger partial charge is 0.394 e. The zero-order chi connectivity index (χ0) is 26.6. The van der Waals surface area contributed by atoms with Gasteiger partial charge in [0.15, 0.2) is 5.69 Å². The number of aromatic nitrogens is 2. The predicted molar refractivity (Wildman–Crippen MR) is 129 cm³/mol. The van der Waals surface area contributed by atoms with Crippen molar-refractivity contribution in [3.8, 4) is 0 Å². The van der Waals surface area contributed by atoms with E-state index in [1.807, 2.05) is 13.8 Å². The Bertz CT molecular complexity index is 1340. The van der Waals surface area contributed by atoms with Gasteiger partial charge in [-0.15, -0.1) is 0 Å². The molecule has 0 aliphatic carbocycles. The summed E-state index contributed by atoms with van der Waals surface area (Å²) in [6.07, 6.45) is -5.15. The number of carbonyl (C=O) groups excluding carboxylic acids is 2. The molecule has 12 heteroatoms. The van der Waals surface area contributed by atoms with E-state index >= 15 is 0 Å². The lowest BCUT2D eigenvalue weighted by Crippen LogP contribution is -2.44. The fourth-order valence-corrected chi connectivity index (χ4v) is 3.66. The first-order chi connectivity index (χ1) is 17.0. The Morgan fingerprint density at radius 2 is 1.75 bits per heavy atom. The third-order valence-electron chi connectivity index (χ3n) is 5.80. The van der Waals surface area contributed by atoms with Crippen LogP contribution in [-0.4, -0.2) is 71.9 Å². The number of anilines is 1. The number of aliphatic hydroxyl groups is 4. The Labute approximate surface area is 205 Å². The molecular formula is C24H28N4O8. The molecule has 0 fully saturated rings. The van der Waals surface area contributed by atoms with Gasteiger partial charge in [-0.25, -0.2) is 10.5 Å². The molecule has 3 rings (SSSR count). The van der Waals surface area contributed by atoms with E-state index in [-0.39, 0.29) is 12.1 Å². The Morgan fingerprint density at radius 3 is 2.42 bits per heavy atom. The molecule has 0 aliphatic heterocycles. The molecule has 2 aromatic carbocycles. The first-order valence-electron chi connectivity index (χ1n) is 11.1. The Hall–Kier alpha value is -3.68. The molecule has 0 unspecified atom stereocenters. The Morgan fingerprint density at radius 1 is 1.06 bits per heavy atom. The minimum atomic E-state index is -1.74. The summed E-state index contributed by atoms with van der Waals surface area (Å²) in [6.45, 7) is 2.37. The first kappa shape index (κ1) is 26.9. The summed E-state index contributed by atoms with van der Waals surface area (Å²) < 4.78 is 1.09. The molecule has 0 aliphatic rings. The monoisotopic (exact) mass is 500 g/mol. The van der Waals surface area contributed by atoms with Crippen molar-refractivity contribution in [1.82, 2.24) is 15.0 Å². The van der Waals surface area contributed by atoms with E-state index in [0.717, 1.165) is 15.7 Å². The summed E-state index contributed by atoms with van der Waals surface area (Å²) in [4.78, 5) is 42.0. The Balaban J connectivity index is 2.03. The van der Waals surface area contributed by atoms with Crippen LogP contribution in [0, 0.1) is 13.8 Å². The number of aliphatic hydroxyl groups excluding tert-OH is 4. The van der Waals surface area contributed by atoms with Gasteiger partial charge in [-0.2, -0.15) is 0 Å². The van der Waals surface area contributed by atoms with Crippen LogP contribution in [0.15, 0.2) is 41.2 Å². The molecule has 36 heavy (non-hydrogen) atoms. The molecule has 0 spiro atoms. The lowest BCUT2D eigenvalue weighted by Gasteiger charge is -2.23. The zero-order valence-electron chi connectivity index (χ0n) is 19.7. The number of rotatable bonds is 9. The quantitative estimate of drug-likeness (QED) is 0.148. The molecule has 3 aromatic rings. The fraction of sp³-hybridized carbons (Fsp3) is 0.333. The standard InChI is InChI=1S/C24H28N4O8/c1-12-6-16-17(7-13(12)2)28(10-18(30)22(33)19(31)11-29)24(35)21(26-16)23(34)25-15-5-3-4-14(8-15)9-20(32)27-36/h3-8,18-19,22,29-31,33,36H,9-11H2,1-2H3,(H,25,34)(H,27,32)/t18-,19+,22-/m0/s1. The van der Waals surface area contributed by atoms with Crippen LogP contribution < -0.4 is 16.4 Å². The number of nitrogens with zero attached hydrogens (tertiary/aromatic N) is 2. The van der Waals surface area contributed by atoms with E-state index in [9.17, 15) is 29.7 Å². The highest BCUT2D eigenvalue weighted by Gasteiger charge is 2.27. The summed E-state index contributed by atoms with van der Waals surface area (Å²) in [5.41, 5.74) is 3.24. The lowest BCUT2D eigenvalue weighted by atomic mass is 10.1. The second-order valence-corrected chi connectivity index (χ2v) is 8.48. The number of fused-ring (bicyclic) bond motifs is 1. The van der Waals surface area contributed by atoms with Gasteiger partial charge in [0, 0.05) is 5.69 Å². The molecule has 0 bridgehead atoms. The van der Waals surface area contributed by atoms with Crippen LogP contribution in [-0.2, 0) is 17.8 Å². The van der Waals surface area contributed by atoms with Crippen molar-refractivity contribution < 1.29 is 35.2 Å². The highest BCUT2D eigenvalue weighted by molar-refractivity contribution is 6.03. The summed E-state index contributed by atoms with van der Waals surface area (Å²) >= 11 is 0. The minimum absolute atomic E-state index is 0.139. The van der Waals surface area contributed by atoms with Crippen LogP contribution in [0.4, 0.5) is 5.69 Å². The van der Waals surface area contributed by atoms with Crippen molar-refractivity contribution in [2.45, 2.75) is 45.1 Å². The van der Waals surface area contributed by atoms with E-state index < -0.39 is 54.5 Å². The van der Waals surface area contributed by atoms with E-state index in [4.69, 9.17) is 10.3 Å². The van der Waals surface area contributed by atoms with Crippen LogP contribution in [0.3, 0.4) is 0 Å². The summed E-state index contributed by atoms with van der Waals surface area (Å²) in [6, 6.07) is 9.58. The normalized spacial score (nSPS) is 13.8. The van der Waals surface area contributed by atoms with Gasteiger partial charge in [0.2, 0.25) is 5.91 Å². The van der Waals surface area contributed by atoms with Crippen molar-refractivity contribution in [3.63, 3.8) is 0 Å². The fourth-order valence-electron chi connectivity index (χ4n) is 3.66. The molecule has 1 aromatic heterocycles. The molecule has 12 nitrogen and oxygen atoms in total. The number of hydroxylamine groups is 1. The van der Waals surface area contributed by atoms with Gasteiger partial charge >= 0.3 is 0 Å². The van der Waals surface area contributed by atoms with E-state index in [1.165, 1.54) is 11.5 Å². The molecule has 0 radical (unpaired) electrons. The smallest absolute Gasteiger partial charge is 0.282 e. The van der Waals surface area contributed by atoms with Crippen molar-refractivity contribution in [1.29, 1.82) is 0 Å². The average molecular weight is 501 g/mol. The number of nitrogens with one attached hydrogen (secondary N) is 2. The second-order valence-electron chi connectivity index (χ2n) is 8.48. The number of hydrogen-bond acceptors (Lipinski definition) is 9. The maximum Gasteiger partial charge on any atom is 0.282 e. The number of hydrogen-bond donors (Lipinski definition) is 7. The molecule has 192 valence electrons. The van der Waals surface area contributed by atoms with Gasteiger partial charge in [0.25, 0.3) is 11.5 Å². The van der Waals surface area contributed by atoms with Crippen LogP contribution in [0.5, 0.6) is 0 Å². The van der Waals surface area contributed by atoms with Crippen LogP contribution in [0.1, 0.15) is 27.2 Å². The number of aryl methyl sites for hydroxylation is 2. The molecule has 2 amide bonds. The predicted octanol–water partition coefficient (Wildman–Crippen LogP) is -0.611. The molecule has 7 N–H and O–H groups in total. The van der Waals surface area contributed by atoms with Gasteiger partial charge in [0.05, 0.1) is 30.6 Å². The SMILES string of the molecule is Cc1cc2nc(C(=O)Nc3cccc(CC(=O)NO)c3)c(=O)n(C[C@H](O)[C@H](O)[C@H](O)CO)c2cc1C. The number of carbonyl (C=O) groups is 2. The number of benzene rings is 2. The molecule has 1 heterocycles. The van der Waals surface area contributed by atoms with Gasteiger partial charge in [0.1, 0.15) is 18.3 Å². The molecule has 0 saturated carbocycles. The average Bonchev–Trinajstić information content (AvgIpc) is 2.85. The van der Waals surface area contributed by atoms with E-state index in [0.29, 0.717) is 16.6 Å². The number of amides is 2. The summed E-state index contributed by atoms with van der Waals surface area (Å²) in [5.74, 6) is -1.49. The van der Waals surface area contributed by atoms with Gasteiger partial charge in [-0.1, -0.05) is 12.1 Å². The van der Waals surface area contributed by atoms with Crippen LogP contribution in [0.2, 0.25) is 0 Å². The van der Waals surface area contributed by atoms with Gasteiger partial charge < -0.3 is 30.3 Å². The lowest BCUT2D eigenvalue weighted by molar-refractivity contribution is -0.128. The molecular weight excluding hydrogens is 472 g/mol. The second kappa shape index (κ2) is 11.4. The van der Waals surface area contributed by atoms with Crippen molar-refractivity contribution in [2.24, 2.45) is 0 Å². The molecule has 3 atom stereocenters. The molecule has 0 saturated heterocycles. The topological polar surface area (TPSA) is 194 Å². The van der Waals surface area contributed by atoms with E-state index in [2.05, 4.69) is 10.3 Å². The van der Waals surface area contributed by atoms with Crippen LogP contribution in [0.25, 0.3) is 11.0 Å². The van der Waals surface area contributed by atoms with Gasteiger partial charge in [-0.3, -0.25) is 19.6 Å². The van der Waals surface area contributed by atoms with E-state index in [1.54, 1.807) is 30.3 Å². The van der Waals surface area contributed by atoms with Crippen molar-refractivity contribution in [2.75, 3.05) is 11.9 Å². The highest BCUT2D eigenvalue weighted by atomic mass is 16.5. The third-order valence-corrected chi connectivity index (χ3v) is 5.80. The Kier molecular flexibility index (Phi) is 8.50. The maximum absolute atomic E-state index is 13.3. The minimum Gasteiger partial charge on any atom is -0.394 e. The van der Waals surface area contributed by atoms with Crippen molar-refractivity contribution in [3.05, 3.63) is 69.1 Å². The summed E-state index contributed by atoms with van der Waals surface area (Å²) in [7, 11) is 0. The van der Waals surface area contributed by atoms with Gasteiger partial charge in [-0.05, 0) is 54.8 Å². The van der Waals surface area contributed by atoms with Crippen LogP contribution >= 0.6 is 0 Å². The summed E-state index contributed by atoms with van der Waals surface area (Å²) in [5, 5.41) is 50.5. The maximum atomic E-state index is 13.3. The highest BCUT2D eigenvalue weighted by Crippen LogP contribution is 2.19. The zero-order valence-corrected chi connectivity index (χ0v) is 19.7. The first-order valence-corrected chi connectivity index (χ1v) is 11.1. The van der Waals surface area contributed by atoms with Crippen molar-refractivity contribution >= 4 is 28.5 Å².